The standard InChI is InChI=1S/C14H20N2O.ClH/c1-5-13(17)15-11(2)16-14(3,4)12-9-7-6-8-10-12;/h5-11,16H,1H2,2-4H3,(H,15,17);1H. The van der Waals surface area contributed by atoms with Gasteiger partial charge < -0.3 is 5.32 Å². The van der Waals surface area contributed by atoms with Gasteiger partial charge in [-0.25, -0.2) is 0 Å². The van der Waals surface area contributed by atoms with Crippen LogP contribution in [0.15, 0.2) is 43.0 Å². The van der Waals surface area contributed by atoms with Crippen molar-refractivity contribution in [1.82, 2.24) is 10.6 Å². The summed E-state index contributed by atoms with van der Waals surface area (Å²) in [5, 5.41) is 6.15. The van der Waals surface area contributed by atoms with Crippen LogP contribution in [0.2, 0.25) is 0 Å². The first kappa shape index (κ1) is 16.7. The first-order valence-corrected chi connectivity index (χ1v) is 5.72. The van der Waals surface area contributed by atoms with Gasteiger partial charge >= 0.3 is 0 Å². The van der Waals surface area contributed by atoms with Gasteiger partial charge in [-0.1, -0.05) is 36.9 Å². The fourth-order valence-electron chi connectivity index (χ4n) is 1.79. The molecule has 0 saturated heterocycles. The monoisotopic (exact) mass is 268 g/mol. The van der Waals surface area contributed by atoms with Gasteiger partial charge in [-0.3, -0.25) is 10.1 Å². The van der Waals surface area contributed by atoms with Crippen LogP contribution >= 0.6 is 12.4 Å². The number of amides is 1. The van der Waals surface area contributed by atoms with Crippen molar-refractivity contribution >= 4 is 18.3 Å². The molecule has 1 unspecified atom stereocenters. The summed E-state index contributed by atoms with van der Waals surface area (Å²) < 4.78 is 0. The predicted octanol–water partition coefficient (Wildman–Crippen LogP) is 2.58. The maximum atomic E-state index is 11.2. The molecule has 0 bridgehead atoms. The fraction of sp³-hybridized carbons (Fsp3) is 0.357. The zero-order chi connectivity index (χ0) is 12.9. The number of halogens is 1. The van der Waals surface area contributed by atoms with E-state index in [1.165, 1.54) is 11.6 Å². The SMILES string of the molecule is C=CC(=O)NC(C)NC(C)(C)c1ccccc1.Cl. The number of carbonyl (C=O) groups is 1. The summed E-state index contributed by atoms with van der Waals surface area (Å²) in [5.74, 6) is -0.172. The number of hydrogen-bond donors (Lipinski definition) is 2. The second-order valence-corrected chi connectivity index (χ2v) is 4.57. The highest BCUT2D eigenvalue weighted by molar-refractivity contribution is 5.87. The molecule has 1 aromatic rings. The molecule has 1 atom stereocenters. The molecular weight excluding hydrogens is 248 g/mol. The lowest BCUT2D eigenvalue weighted by atomic mass is 9.94. The van der Waals surface area contributed by atoms with E-state index in [-0.39, 0.29) is 30.0 Å². The molecule has 0 fully saturated rings. The number of rotatable bonds is 5. The summed E-state index contributed by atoms with van der Waals surface area (Å²) in [6, 6.07) is 10.1. The fourth-order valence-corrected chi connectivity index (χ4v) is 1.79. The van der Waals surface area contributed by atoms with Crippen molar-refractivity contribution in [1.29, 1.82) is 0 Å². The van der Waals surface area contributed by atoms with Crippen molar-refractivity contribution in [3.8, 4) is 0 Å². The van der Waals surface area contributed by atoms with Crippen LogP contribution in [0.5, 0.6) is 0 Å². The van der Waals surface area contributed by atoms with Crippen LogP contribution in [0.3, 0.4) is 0 Å². The molecule has 0 spiro atoms. The van der Waals surface area contributed by atoms with Crippen molar-refractivity contribution < 1.29 is 4.79 Å². The molecule has 0 aromatic heterocycles. The molecule has 2 N–H and O–H groups in total. The van der Waals surface area contributed by atoms with Crippen molar-refractivity contribution in [3.63, 3.8) is 0 Å². The van der Waals surface area contributed by atoms with Gasteiger partial charge in [0, 0.05) is 5.54 Å². The zero-order valence-corrected chi connectivity index (χ0v) is 11.9. The van der Waals surface area contributed by atoms with Gasteiger partial charge in [-0.05, 0) is 32.4 Å². The van der Waals surface area contributed by atoms with Crippen molar-refractivity contribution in [2.24, 2.45) is 0 Å². The molecule has 18 heavy (non-hydrogen) atoms. The van der Waals surface area contributed by atoms with E-state index in [2.05, 4.69) is 43.2 Å². The smallest absolute Gasteiger partial charge is 0.244 e. The van der Waals surface area contributed by atoms with Crippen LogP contribution < -0.4 is 10.6 Å². The van der Waals surface area contributed by atoms with E-state index >= 15 is 0 Å². The Bertz CT molecular complexity index is 390. The lowest BCUT2D eigenvalue weighted by Gasteiger charge is -2.31. The molecule has 0 saturated carbocycles. The molecule has 3 nitrogen and oxygen atoms in total. The average molecular weight is 269 g/mol. The Hall–Kier alpha value is -1.32. The van der Waals surface area contributed by atoms with Gasteiger partial charge in [0.2, 0.25) is 5.91 Å². The van der Waals surface area contributed by atoms with Gasteiger partial charge in [0.15, 0.2) is 0 Å². The molecule has 1 rings (SSSR count). The molecule has 1 aromatic carbocycles. The minimum Gasteiger partial charge on any atom is -0.338 e. The van der Waals surface area contributed by atoms with Gasteiger partial charge in [0.1, 0.15) is 0 Å². The minimum absolute atomic E-state index is 0. The van der Waals surface area contributed by atoms with Crippen LogP contribution in [0.25, 0.3) is 0 Å². The highest BCUT2D eigenvalue weighted by Gasteiger charge is 2.22. The molecular formula is C14H21ClN2O. The van der Waals surface area contributed by atoms with Crippen molar-refractivity contribution in [3.05, 3.63) is 48.6 Å². The molecule has 1 amide bonds. The van der Waals surface area contributed by atoms with Crippen LogP contribution in [-0.2, 0) is 10.3 Å². The minimum atomic E-state index is -0.199. The van der Waals surface area contributed by atoms with E-state index in [0.29, 0.717) is 0 Å². The summed E-state index contributed by atoms with van der Waals surface area (Å²) >= 11 is 0. The van der Waals surface area contributed by atoms with Crippen molar-refractivity contribution in [2.45, 2.75) is 32.5 Å². The first-order chi connectivity index (χ1) is 7.95. The highest BCUT2D eigenvalue weighted by Crippen LogP contribution is 2.19. The maximum Gasteiger partial charge on any atom is 0.244 e. The normalized spacial score (nSPS) is 12.2. The number of hydrogen-bond acceptors (Lipinski definition) is 2. The van der Waals surface area contributed by atoms with Crippen molar-refractivity contribution in [2.75, 3.05) is 0 Å². The molecule has 4 heteroatoms. The summed E-state index contributed by atoms with van der Waals surface area (Å²) in [5.41, 5.74) is 0.981. The number of carbonyl (C=O) groups excluding carboxylic acids is 1. The van der Waals surface area contributed by atoms with Gasteiger partial charge in [0.05, 0.1) is 6.17 Å². The molecule has 0 aliphatic carbocycles. The summed E-state index contributed by atoms with van der Waals surface area (Å²) in [4.78, 5) is 11.2. The van der Waals surface area contributed by atoms with Gasteiger partial charge in [0.25, 0.3) is 0 Å². The Balaban J connectivity index is 0.00000289. The molecule has 100 valence electrons. The van der Waals surface area contributed by atoms with Crippen LogP contribution in [0, 0.1) is 0 Å². The zero-order valence-electron chi connectivity index (χ0n) is 11.1. The number of benzene rings is 1. The third-order valence-electron chi connectivity index (χ3n) is 2.62. The number of nitrogens with one attached hydrogen (secondary N) is 2. The maximum absolute atomic E-state index is 11.2. The summed E-state index contributed by atoms with van der Waals surface area (Å²) in [6.45, 7) is 9.50. The Morgan fingerprint density at radius 2 is 1.89 bits per heavy atom. The van der Waals surface area contributed by atoms with E-state index in [9.17, 15) is 4.79 Å². The van der Waals surface area contributed by atoms with E-state index in [1.807, 2.05) is 25.1 Å². The van der Waals surface area contributed by atoms with Gasteiger partial charge in [-0.2, -0.15) is 0 Å². The van der Waals surface area contributed by atoms with E-state index in [4.69, 9.17) is 0 Å². The van der Waals surface area contributed by atoms with Gasteiger partial charge in [-0.15, -0.1) is 12.4 Å². The van der Waals surface area contributed by atoms with E-state index in [0.717, 1.165) is 0 Å². The molecule has 0 aliphatic rings. The Kier molecular flexibility index (Phi) is 6.66. The van der Waals surface area contributed by atoms with Crippen LogP contribution in [0.1, 0.15) is 26.3 Å². The largest absolute Gasteiger partial charge is 0.338 e. The molecule has 0 aliphatic heterocycles. The summed E-state index contributed by atoms with van der Waals surface area (Å²) in [7, 11) is 0. The Morgan fingerprint density at radius 3 is 2.39 bits per heavy atom. The van der Waals surface area contributed by atoms with Crippen LogP contribution in [0.4, 0.5) is 0 Å². The van der Waals surface area contributed by atoms with Crippen LogP contribution in [-0.4, -0.2) is 12.1 Å². The average Bonchev–Trinajstić information content (AvgIpc) is 2.29. The molecule has 0 radical (unpaired) electrons. The lowest BCUT2D eigenvalue weighted by Crippen LogP contribution is -2.50. The molecule has 0 heterocycles. The lowest BCUT2D eigenvalue weighted by molar-refractivity contribution is -0.117. The predicted molar refractivity (Wildman–Crippen MR) is 77.7 cm³/mol. The Morgan fingerprint density at radius 1 is 1.33 bits per heavy atom. The topological polar surface area (TPSA) is 41.1 Å². The second kappa shape index (κ2) is 7.19. The first-order valence-electron chi connectivity index (χ1n) is 5.72. The second-order valence-electron chi connectivity index (χ2n) is 4.57. The summed E-state index contributed by atoms with van der Waals surface area (Å²) in [6.07, 6.45) is 1.16. The Labute approximate surface area is 115 Å². The van der Waals surface area contributed by atoms with E-state index in [1.54, 1.807) is 0 Å². The van der Waals surface area contributed by atoms with E-state index < -0.39 is 0 Å². The quantitative estimate of drug-likeness (QED) is 0.637. The highest BCUT2D eigenvalue weighted by atomic mass is 35.5. The third kappa shape index (κ3) is 4.90. The third-order valence-corrected chi connectivity index (χ3v) is 2.62.